The molecule has 0 radical (unpaired) electrons. The number of benzene rings is 3. The van der Waals surface area contributed by atoms with E-state index in [1.807, 2.05) is 60.7 Å². The summed E-state index contributed by atoms with van der Waals surface area (Å²) in [5, 5.41) is 4.65. The molecule has 0 unspecified atom stereocenters. The van der Waals surface area contributed by atoms with E-state index < -0.39 is 6.04 Å². The number of carbonyl (C=O) groups excluding carboxylic acids is 2. The summed E-state index contributed by atoms with van der Waals surface area (Å²) in [6.07, 6.45) is 0.496. The Bertz CT molecular complexity index is 1000. The first kappa shape index (κ1) is 17.1. The van der Waals surface area contributed by atoms with Gasteiger partial charge in [0.05, 0.1) is 0 Å². The highest BCUT2D eigenvalue weighted by atomic mass is 16.2. The third kappa shape index (κ3) is 3.36. The van der Waals surface area contributed by atoms with Gasteiger partial charge in [-0.1, -0.05) is 48.5 Å². The molecule has 0 aliphatic carbocycles. The number of nitrogens with zero attached hydrogens (tertiary/aromatic N) is 1. The van der Waals surface area contributed by atoms with Crippen molar-refractivity contribution in [2.45, 2.75) is 12.5 Å². The van der Waals surface area contributed by atoms with E-state index >= 15 is 0 Å². The molecule has 3 aromatic rings. The van der Waals surface area contributed by atoms with E-state index in [1.54, 1.807) is 11.0 Å². The van der Waals surface area contributed by atoms with E-state index in [9.17, 15) is 9.59 Å². The van der Waals surface area contributed by atoms with Gasteiger partial charge in [-0.25, -0.2) is 0 Å². The minimum absolute atomic E-state index is 0.108. The Labute approximate surface area is 157 Å². The summed E-state index contributed by atoms with van der Waals surface area (Å²) in [4.78, 5) is 27.6. The summed E-state index contributed by atoms with van der Waals surface area (Å²) < 4.78 is 0. The molecule has 136 valence electrons. The second-order valence-corrected chi connectivity index (χ2v) is 6.78. The van der Waals surface area contributed by atoms with Crippen LogP contribution < -0.4 is 11.1 Å². The van der Waals surface area contributed by atoms with Crippen molar-refractivity contribution >= 4 is 28.3 Å². The van der Waals surface area contributed by atoms with Crippen LogP contribution in [0, 0.1) is 0 Å². The smallest absolute Gasteiger partial charge is 0.255 e. The van der Waals surface area contributed by atoms with E-state index in [2.05, 4.69) is 5.32 Å². The number of nitrogens with one attached hydrogen (secondary N) is 1. The average Bonchev–Trinajstić information content (AvgIpc) is 2.69. The molecule has 1 aliphatic heterocycles. The molecule has 1 heterocycles. The first-order valence-electron chi connectivity index (χ1n) is 9.04. The molecule has 2 amide bonds. The molecule has 1 aliphatic rings. The van der Waals surface area contributed by atoms with Gasteiger partial charge < -0.3 is 16.0 Å². The van der Waals surface area contributed by atoms with Gasteiger partial charge in [-0.15, -0.1) is 0 Å². The zero-order valence-corrected chi connectivity index (χ0v) is 14.9. The third-order valence-corrected chi connectivity index (χ3v) is 5.00. The number of amides is 2. The summed E-state index contributed by atoms with van der Waals surface area (Å²) in [5.41, 5.74) is 8.16. The van der Waals surface area contributed by atoms with Crippen LogP contribution in [0.5, 0.6) is 0 Å². The molecule has 1 fully saturated rings. The van der Waals surface area contributed by atoms with E-state index in [0.717, 1.165) is 16.3 Å². The molecular weight excluding hydrogens is 338 g/mol. The van der Waals surface area contributed by atoms with Crippen LogP contribution in [0.1, 0.15) is 15.9 Å². The van der Waals surface area contributed by atoms with Crippen LogP contribution in [-0.2, 0) is 11.2 Å². The van der Waals surface area contributed by atoms with Crippen molar-refractivity contribution in [2.75, 3.05) is 18.8 Å². The number of carbonyl (C=O) groups is 2. The van der Waals surface area contributed by atoms with E-state index in [4.69, 9.17) is 5.73 Å². The molecule has 0 aromatic heterocycles. The number of fused-ring (bicyclic) bond motifs is 1. The second-order valence-electron chi connectivity index (χ2n) is 6.78. The molecule has 5 heteroatoms. The lowest BCUT2D eigenvalue weighted by Gasteiger charge is -2.35. The fourth-order valence-corrected chi connectivity index (χ4v) is 3.64. The first-order chi connectivity index (χ1) is 13.1. The fourth-order valence-electron chi connectivity index (χ4n) is 3.64. The number of hydrogen-bond acceptors (Lipinski definition) is 3. The van der Waals surface area contributed by atoms with Crippen molar-refractivity contribution in [3.63, 3.8) is 0 Å². The van der Waals surface area contributed by atoms with Gasteiger partial charge in [-0.2, -0.15) is 0 Å². The first-order valence-corrected chi connectivity index (χ1v) is 9.04. The summed E-state index contributed by atoms with van der Waals surface area (Å²) in [6.45, 7) is 0.959. The predicted molar refractivity (Wildman–Crippen MR) is 106 cm³/mol. The lowest BCUT2D eigenvalue weighted by molar-refractivity contribution is -0.127. The van der Waals surface area contributed by atoms with Crippen LogP contribution in [0.25, 0.3) is 10.8 Å². The second kappa shape index (κ2) is 7.11. The highest BCUT2D eigenvalue weighted by Crippen LogP contribution is 2.24. The van der Waals surface area contributed by atoms with Crippen molar-refractivity contribution in [3.8, 4) is 0 Å². The average molecular weight is 359 g/mol. The van der Waals surface area contributed by atoms with Crippen molar-refractivity contribution in [1.29, 1.82) is 0 Å². The normalized spacial score (nSPS) is 17.0. The zero-order chi connectivity index (χ0) is 18.8. The molecule has 1 saturated heterocycles. The maximum absolute atomic E-state index is 13.4. The Morgan fingerprint density at radius 3 is 2.70 bits per heavy atom. The summed E-state index contributed by atoms with van der Waals surface area (Å²) in [5.74, 6) is -0.232. The Morgan fingerprint density at radius 2 is 1.89 bits per heavy atom. The summed E-state index contributed by atoms with van der Waals surface area (Å²) >= 11 is 0. The number of nitrogen functional groups attached to an aromatic ring is 1. The van der Waals surface area contributed by atoms with Gasteiger partial charge in [0.15, 0.2) is 0 Å². The topological polar surface area (TPSA) is 75.4 Å². The van der Waals surface area contributed by atoms with Crippen LogP contribution in [0.2, 0.25) is 0 Å². The molecular formula is C22H21N3O2. The lowest BCUT2D eigenvalue weighted by atomic mass is 9.99. The van der Waals surface area contributed by atoms with Crippen LogP contribution in [0.3, 0.4) is 0 Å². The van der Waals surface area contributed by atoms with Crippen molar-refractivity contribution in [2.24, 2.45) is 0 Å². The Morgan fingerprint density at radius 1 is 1.07 bits per heavy atom. The maximum Gasteiger partial charge on any atom is 0.255 e. The largest absolute Gasteiger partial charge is 0.399 e. The molecule has 0 spiro atoms. The van der Waals surface area contributed by atoms with E-state index in [-0.39, 0.29) is 11.8 Å². The number of anilines is 1. The van der Waals surface area contributed by atoms with Crippen molar-refractivity contribution in [3.05, 3.63) is 77.9 Å². The molecule has 27 heavy (non-hydrogen) atoms. The monoisotopic (exact) mass is 359 g/mol. The Kier molecular flexibility index (Phi) is 4.50. The fraction of sp³-hybridized carbons (Fsp3) is 0.182. The Hall–Kier alpha value is -3.34. The summed E-state index contributed by atoms with van der Waals surface area (Å²) in [6, 6.07) is 20.4. The molecule has 5 nitrogen and oxygen atoms in total. The molecule has 1 atom stereocenters. The van der Waals surface area contributed by atoms with Gasteiger partial charge in [0.1, 0.15) is 6.04 Å². The van der Waals surface area contributed by atoms with Gasteiger partial charge >= 0.3 is 0 Å². The number of piperazine rings is 1. The van der Waals surface area contributed by atoms with Crippen LogP contribution in [0.4, 0.5) is 5.69 Å². The van der Waals surface area contributed by atoms with Gasteiger partial charge in [-0.3, -0.25) is 9.59 Å². The Balaban J connectivity index is 1.69. The number of nitrogens with two attached hydrogens (primary N) is 1. The van der Waals surface area contributed by atoms with Gasteiger partial charge in [0.2, 0.25) is 5.91 Å². The maximum atomic E-state index is 13.4. The lowest BCUT2D eigenvalue weighted by Crippen LogP contribution is -2.58. The standard InChI is InChI=1S/C22H21N3O2/c23-17-9-10-18-16(14-17)7-4-8-19(18)22(27)25-12-11-24-21(26)20(25)13-15-5-2-1-3-6-15/h1-10,14,20H,11-13,23H2,(H,24,26)/t20-/m0/s1. The highest BCUT2D eigenvalue weighted by Gasteiger charge is 2.34. The minimum Gasteiger partial charge on any atom is -0.399 e. The summed E-state index contributed by atoms with van der Waals surface area (Å²) in [7, 11) is 0. The van der Waals surface area contributed by atoms with E-state index in [0.29, 0.717) is 30.8 Å². The van der Waals surface area contributed by atoms with Gasteiger partial charge in [0.25, 0.3) is 5.91 Å². The van der Waals surface area contributed by atoms with Crippen molar-refractivity contribution in [1.82, 2.24) is 10.2 Å². The molecule has 3 aromatic carbocycles. The molecule has 4 rings (SSSR count). The third-order valence-electron chi connectivity index (χ3n) is 5.00. The van der Waals surface area contributed by atoms with Gasteiger partial charge in [0, 0.05) is 30.8 Å². The van der Waals surface area contributed by atoms with Crippen molar-refractivity contribution < 1.29 is 9.59 Å². The quantitative estimate of drug-likeness (QED) is 0.706. The highest BCUT2D eigenvalue weighted by molar-refractivity contribution is 6.08. The zero-order valence-electron chi connectivity index (χ0n) is 14.9. The molecule has 0 saturated carbocycles. The van der Waals surface area contributed by atoms with Crippen LogP contribution >= 0.6 is 0 Å². The minimum atomic E-state index is -0.516. The molecule has 0 bridgehead atoms. The van der Waals surface area contributed by atoms with Crippen LogP contribution in [0.15, 0.2) is 66.7 Å². The SMILES string of the molecule is Nc1ccc2c(C(=O)N3CCNC(=O)[C@@H]3Cc3ccccc3)cccc2c1. The van der Waals surface area contributed by atoms with Gasteiger partial charge in [-0.05, 0) is 34.5 Å². The van der Waals surface area contributed by atoms with Crippen LogP contribution in [-0.4, -0.2) is 35.8 Å². The number of rotatable bonds is 3. The van der Waals surface area contributed by atoms with E-state index in [1.165, 1.54) is 0 Å². The number of hydrogen-bond donors (Lipinski definition) is 2. The predicted octanol–water partition coefficient (Wildman–Crippen LogP) is 2.61. The molecule has 3 N–H and O–H groups in total.